The Morgan fingerprint density at radius 2 is 1.79 bits per heavy atom. The molecule has 98 valence electrons. The highest BCUT2D eigenvalue weighted by Gasteiger charge is 2.09. The van der Waals surface area contributed by atoms with Gasteiger partial charge in [0.25, 0.3) is 5.91 Å². The van der Waals surface area contributed by atoms with Crippen LogP contribution in [0.1, 0.15) is 10.4 Å². The van der Waals surface area contributed by atoms with E-state index < -0.39 is 17.5 Å². The van der Waals surface area contributed by atoms with Gasteiger partial charge in [0.15, 0.2) is 0 Å². The average molecular weight is 283 g/mol. The lowest BCUT2D eigenvalue weighted by Crippen LogP contribution is -2.12. The third kappa shape index (κ3) is 3.00. The van der Waals surface area contributed by atoms with E-state index in [-0.39, 0.29) is 16.3 Å². The number of carbonyl (C=O) groups excluding carboxylic acids is 1. The first-order valence-electron chi connectivity index (χ1n) is 5.29. The minimum absolute atomic E-state index is 0.101. The molecular weight excluding hydrogens is 274 g/mol. The Balaban J connectivity index is 2.20. The maximum absolute atomic E-state index is 13.0. The molecule has 0 saturated heterocycles. The summed E-state index contributed by atoms with van der Waals surface area (Å²) in [5.41, 5.74) is 5.78. The summed E-state index contributed by atoms with van der Waals surface area (Å²) < 4.78 is 25.9. The van der Waals surface area contributed by atoms with Crippen LogP contribution in [-0.4, -0.2) is 5.91 Å². The molecule has 19 heavy (non-hydrogen) atoms. The van der Waals surface area contributed by atoms with Crippen LogP contribution in [0.4, 0.5) is 20.2 Å². The van der Waals surface area contributed by atoms with Crippen molar-refractivity contribution < 1.29 is 13.6 Å². The lowest BCUT2D eigenvalue weighted by Gasteiger charge is -2.07. The second-order valence-electron chi connectivity index (χ2n) is 3.82. The van der Waals surface area contributed by atoms with E-state index in [4.69, 9.17) is 17.3 Å². The Bertz CT molecular complexity index is 647. The second-order valence-corrected chi connectivity index (χ2v) is 4.23. The first-order chi connectivity index (χ1) is 8.97. The SMILES string of the molecule is Nc1cc(C(=O)Nc2ccc(F)c(Cl)c2)ccc1F. The third-order valence-electron chi connectivity index (χ3n) is 2.44. The number of nitrogens with two attached hydrogens (primary N) is 1. The molecule has 0 atom stereocenters. The van der Waals surface area contributed by atoms with Gasteiger partial charge in [-0.2, -0.15) is 0 Å². The molecule has 1 amide bonds. The number of anilines is 2. The smallest absolute Gasteiger partial charge is 0.255 e. The molecule has 2 rings (SSSR count). The number of nitrogens with one attached hydrogen (secondary N) is 1. The van der Waals surface area contributed by atoms with Gasteiger partial charge in [-0.3, -0.25) is 4.79 Å². The van der Waals surface area contributed by atoms with Crippen LogP contribution in [-0.2, 0) is 0 Å². The first-order valence-corrected chi connectivity index (χ1v) is 5.66. The van der Waals surface area contributed by atoms with Crippen molar-refractivity contribution in [3.8, 4) is 0 Å². The Labute approximate surface area is 113 Å². The van der Waals surface area contributed by atoms with Crippen LogP contribution in [0, 0.1) is 11.6 Å². The summed E-state index contributed by atoms with van der Waals surface area (Å²) >= 11 is 5.59. The predicted octanol–water partition coefficient (Wildman–Crippen LogP) is 3.45. The summed E-state index contributed by atoms with van der Waals surface area (Å²) in [5, 5.41) is 2.40. The van der Waals surface area contributed by atoms with Crippen molar-refractivity contribution in [2.24, 2.45) is 0 Å². The summed E-state index contributed by atoms with van der Waals surface area (Å²) in [6, 6.07) is 7.40. The van der Waals surface area contributed by atoms with E-state index in [0.717, 1.165) is 12.1 Å². The topological polar surface area (TPSA) is 55.1 Å². The van der Waals surface area contributed by atoms with Crippen LogP contribution in [0.2, 0.25) is 5.02 Å². The van der Waals surface area contributed by atoms with Crippen molar-refractivity contribution in [1.82, 2.24) is 0 Å². The molecule has 3 nitrogen and oxygen atoms in total. The van der Waals surface area contributed by atoms with Gasteiger partial charge in [-0.1, -0.05) is 11.6 Å². The molecule has 0 radical (unpaired) electrons. The molecule has 2 aromatic carbocycles. The normalized spacial score (nSPS) is 10.3. The first kappa shape index (κ1) is 13.3. The van der Waals surface area contributed by atoms with Crippen LogP contribution in [0.15, 0.2) is 36.4 Å². The minimum Gasteiger partial charge on any atom is -0.396 e. The van der Waals surface area contributed by atoms with Crippen molar-refractivity contribution in [3.05, 3.63) is 58.6 Å². The number of rotatable bonds is 2. The van der Waals surface area contributed by atoms with E-state index in [0.29, 0.717) is 5.69 Å². The number of halogens is 3. The van der Waals surface area contributed by atoms with E-state index in [1.165, 1.54) is 24.3 Å². The highest BCUT2D eigenvalue weighted by molar-refractivity contribution is 6.31. The van der Waals surface area contributed by atoms with E-state index in [9.17, 15) is 13.6 Å². The van der Waals surface area contributed by atoms with Crippen LogP contribution in [0.25, 0.3) is 0 Å². The predicted molar refractivity (Wildman–Crippen MR) is 70.2 cm³/mol. The van der Waals surface area contributed by atoms with Crippen LogP contribution in [0.5, 0.6) is 0 Å². The van der Waals surface area contributed by atoms with E-state index in [2.05, 4.69) is 5.32 Å². The van der Waals surface area contributed by atoms with Gasteiger partial charge in [-0.05, 0) is 36.4 Å². The second kappa shape index (κ2) is 5.24. The molecule has 3 N–H and O–H groups in total. The Morgan fingerprint density at radius 1 is 1.11 bits per heavy atom. The quantitative estimate of drug-likeness (QED) is 0.829. The monoisotopic (exact) mass is 282 g/mol. The molecular formula is C13H9ClF2N2O. The number of hydrogen-bond acceptors (Lipinski definition) is 2. The number of benzene rings is 2. The molecule has 0 spiro atoms. The Hall–Kier alpha value is -2.14. The van der Waals surface area contributed by atoms with Gasteiger partial charge in [0.1, 0.15) is 11.6 Å². The van der Waals surface area contributed by atoms with Crippen LogP contribution in [0.3, 0.4) is 0 Å². The fourth-order valence-electron chi connectivity index (χ4n) is 1.46. The molecule has 0 bridgehead atoms. The summed E-state index contributed by atoms with van der Waals surface area (Å²) in [7, 11) is 0. The summed E-state index contributed by atoms with van der Waals surface area (Å²) in [4.78, 5) is 11.8. The molecule has 0 fully saturated rings. The van der Waals surface area contributed by atoms with Gasteiger partial charge >= 0.3 is 0 Å². The zero-order valence-electron chi connectivity index (χ0n) is 9.58. The lowest BCUT2D eigenvalue weighted by molar-refractivity contribution is 0.102. The molecule has 6 heteroatoms. The lowest BCUT2D eigenvalue weighted by atomic mass is 10.2. The molecule has 2 aromatic rings. The molecule has 0 aliphatic rings. The minimum atomic E-state index is -0.596. The van der Waals surface area contributed by atoms with Gasteiger partial charge in [-0.15, -0.1) is 0 Å². The standard InChI is InChI=1S/C13H9ClF2N2O/c14-9-6-8(2-4-10(9)15)18-13(19)7-1-3-11(16)12(17)5-7/h1-6H,17H2,(H,18,19). The summed E-state index contributed by atoms with van der Waals surface area (Å²) in [6.07, 6.45) is 0. The van der Waals surface area contributed by atoms with Crippen molar-refractivity contribution in [2.45, 2.75) is 0 Å². The van der Waals surface area contributed by atoms with Crippen molar-refractivity contribution >= 4 is 28.9 Å². The van der Waals surface area contributed by atoms with Gasteiger partial charge in [-0.25, -0.2) is 8.78 Å². The highest BCUT2D eigenvalue weighted by atomic mass is 35.5. The number of nitrogen functional groups attached to an aromatic ring is 1. The average Bonchev–Trinajstić information content (AvgIpc) is 2.37. The fourth-order valence-corrected chi connectivity index (χ4v) is 1.64. The van der Waals surface area contributed by atoms with Gasteiger partial charge in [0, 0.05) is 11.3 Å². The Kier molecular flexibility index (Phi) is 3.66. The molecule has 0 saturated carbocycles. The highest BCUT2D eigenvalue weighted by Crippen LogP contribution is 2.20. The zero-order chi connectivity index (χ0) is 14.0. The van der Waals surface area contributed by atoms with E-state index in [1.54, 1.807) is 0 Å². The van der Waals surface area contributed by atoms with Gasteiger partial charge in [0.05, 0.1) is 10.7 Å². The van der Waals surface area contributed by atoms with Gasteiger partial charge in [0.2, 0.25) is 0 Å². The molecule has 0 unspecified atom stereocenters. The number of carbonyl (C=O) groups is 1. The Morgan fingerprint density at radius 3 is 2.42 bits per heavy atom. The van der Waals surface area contributed by atoms with Crippen LogP contribution >= 0.6 is 11.6 Å². The maximum Gasteiger partial charge on any atom is 0.255 e. The van der Waals surface area contributed by atoms with Crippen molar-refractivity contribution in [2.75, 3.05) is 11.1 Å². The number of amides is 1. The fraction of sp³-hybridized carbons (Fsp3) is 0. The van der Waals surface area contributed by atoms with Crippen molar-refractivity contribution in [3.63, 3.8) is 0 Å². The van der Waals surface area contributed by atoms with Crippen molar-refractivity contribution in [1.29, 1.82) is 0 Å². The third-order valence-corrected chi connectivity index (χ3v) is 2.73. The molecule has 0 aliphatic carbocycles. The molecule has 0 aliphatic heterocycles. The zero-order valence-corrected chi connectivity index (χ0v) is 10.3. The summed E-state index contributed by atoms with van der Waals surface area (Å²) in [5.74, 6) is -1.67. The van der Waals surface area contributed by atoms with Gasteiger partial charge < -0.3 is 11.1 Å². The molecule has 0 aromatic heterocycles. The number of hydrogen-bond donors (Lipinski definition) is 2. The van der Waals surface area contributed by atoms with E-state index >= 15 is 0 Å². The molecule has 0 heterocycles. The largest absolute Gasteiger partial charge is 0.396 e. The summed E-state index contributed by atoms with van der Waals surface area (Å²) in [6.45, 7) is 0. The van der Waals surface area contributed by atoms with E-state index in [1.807, 2.05) is 0 Å². The van der Waals surface area contributed by atoms with Crippen LogP contribution < -0.4 is 11.1 Å². The maximum atomic E-state index is 13.0.